The largest absolute Gasteiger partial charge is 0.350 e. The quantitative estimate of drug-likeness (QED) is 0.920. The molecule has 25 heavy (non-hydrogen) atoms. The van der Waals surface area contributed by atoms with E-state index in [2.05, 4.69) is 28.4 Å². The number of amides is 1. The summed E-state index contributed by atoms with van der Waals surface area (Å²) < 4.78 is 0. The van der Waals surface area contributed by atoms with Crippen LogP contribution < -0.4 is 5.32 Å². The van der Waals surface area contributed by atoms with Crippen LogP contribution in [0.25, 0.3) is 0 Å². The van der Waals surface area contributed by atoms with Crippen molar-refractivity contribution in [3.05, 3.63) is 70.8 Å². The van der Waals surface area contributed by atoms with Gasteiger partial charge in [-0.15, -0.1) is 0 Å². The molecule has 0 aromatic heterocycles. The minimum absolute atomic E-state index is 0.121. The molecule has 2 aliphatic heterocycles. The van der Waals surface area contributed by atoms with Crippen LogP contribution in [0.15, 0.2) is 48.5 Å². The van der Waals surface area contributed by atoms with Gasteiger partial charge in [-0.2, -0.15) is 5.26 Å². The zero-order valence-corrected chi connectivity index (χ0v) is 14.2. The fraction of sp³-hybridized carbons (Fsp3) is 0.333. The molecule has 1 saturated heterocycles. The molecule has 0 bridgehead atoms. The molecule has 2 aromatic carbocycles. The van der Waals surface area contributed by atoms with Crippen molar-refractivity contribution in [3.63, 3.8) is 0 Å². The van der Waals surface area contributed by atoms with Gasteiger partial charge in [0.1, 0.15) is 5.54 Å². The molecule has 4 nitrogen and oxygen atoms in total. The van der Waals surface area contributed by atoms with Crippen molar-refractivity contribution in [2.75, 3.05) is 6.54 Å². The number of hydrogen-bond acceptors (Lipinski definition) is 3. The molecule has 4 heteroatoms. The summed E-state index contributed by atoms with van der Waals surface area (Å²) in [6, 6.07) is 18.3. The Kier molecular flexibility index (Phi) is 4.03. The highest BCUT2D eigenvalue weighted by Gasteiger charge is 2.48. The van der Waals surface area contributed by atoms with E-state index < -0.39 is 5.54 Å². The normalized spacial score (nSPS) is 22.9. The van der Waals surface area contributed by atoms with Gasteiger partial charge in [0.25, 0.3) is 0 Å². The van der Waals surface area contributed by atoms with E-state index in [0.29, 0.717) is 18.7 Å². The van der Waals surface area contributed by atoms with Gasteiger partial charge in [0, 0.05) is 19.5 Å². The van der Waals surface area contributed by atoms with Crippen LogP contribution in [-0.2, 0) is 24.3 Å². The average Bonchev–Trinajstić information content (AvgIpc) is 2.97. The Morgan fingerprint density at radius 3 is 2.72 bits per heavy atom. The molecule has 2 aromatic rings. The molecule has 1 atom stereocenters. The van der Waals surface area contributed by atoms with Gasteiger partial charge in [-0.05, 0) is 42.1 Å². The second-order valence-corrected chi connectivity index (χ2v) is 6.95. The molecule has 1 N–H and O–H groups in total. The van der Waals surface area contributed by atoms with Crippen LogP contribution in [0, 0.1) is 11.3 Å². The number of nitriles is 1. The number of likely N-dealkylation sites (tertiary alicyclic amines) is 1. The summed E-state index contributed by atoms with van der Waals surface area (Å²) >= 11 is 0. The predicted octanol–water partition coefficient (Wildman–Crippen LogP) is 2.77. The Bertz CT molecular complexity index is 854. The summed E-state index contributed by atoms with van der Waals surface area (Å²) in [5.74, 6) is 0.121. The zero-order valence-electron chi connectivity index (χ0n) is 14.2. The van der Waals surface area contributed by atoms with Crippen LogP contribution in [0.3, 0.4) is 0 Å². The number of hydrogen-bond donors (Lipinski definition) is 1. The number of nitrogens with one attached hydrogen (secondary N) is 1. The lowest BCUT2D eigenvalue weighted by molar-refractivity contribution is -0.132. The summed E-state index contributed by atoms with van der Waals surface area (Å²) in [7, 11) is 0. The SMILES string of the molecule is N#Cc1ccccc1CN1CCCC12Cc1ccccc1CNC2=O. The van der Waals surface area contributed by atoms with Crippen molar-refractivity contribution in [2.45, 2.75) is 37.9 Å². The van der Waals surface area contributed by atoms with Crippen LogP contribution in [0.5, 0.6) is 0 Å². The lowest BCUT2D eigenvalue weighted by atomic mass is 9.86. The summed E-state index contributed by atoms with van der Waals surface area (Å²) in [5.41, 5.74) is 3.64. The molecule has 1 amide bonds. The lowest BCUT2D eigenvalue weighted by Crippen LogP contribution is -2.55. The van der Waals surface area contributed by atoms with Crippen molar-refractivity contribution in [1.82, 2.24) is 10.2 Å². The van der Waals surface area contributed by atoms with E-state index in [1.807, 2.05) is 36.4 Å². The van der Waals surface area contributed by atoms with Crippen molar-refractivity contribution in [3.8, 4) is 6.07 Å². The van der Waals surface area contributed by atoms with Crippen LogP contribution in [0.2, 0.25) is 0 Å². The first-order valence-corrected chi connectivity index (χ1v) is 8.81. The molecule has 0 aliphatic carbocycles. The highest BCUT2D eigenvalue weighted by molar-refractivity contribution is 5.87. The van der Waals surface area contributed by atoms with Crippen molar-refractivity contribution >= 4 is 5.91 Å². The van der Waals surface area contributed by atoms with Gasteiger partial charge >= 0.3 is 0 Å². The van der Waals surface area contributed by atoms with Crippen LogP contribution >= 0.6 is 0 Å². The smallest absolute Gasteiger partial charge is 0.241 e. The minimum Gasteiger partial charge on any atom is -0.350 e. The predicted molar refractivity (Wildman–Crippen MR) is 95.5 cm³/mol. The fourth-order valence-corrected chi connectivity index (χ4v) is 4.23. The molecule has 1 fully saturated rings. The third-order valence-corrected chi connectivity index (χ3v) is 5.59. The molecule has 2 heterocycles. The summed E-state index contributed by atoms with van der Waals surface area (Å²) in [6.07, 6.45) is 2.61. The summed E-state index contributed by atoms with van der Waals surface area (Å²) in [4.78, 5) is 15.3. The van der Waals surface area contributed by atoms with E-state index in [-0.39, 0.29) is 5.91 Å². The van der Waals surface area contributed by atoms with Crippen LogP contribution in [0.1, 0.15) is 35.1 Å². The fourth-order valence-electron chi connectivity index (χ4n) is 4.23. The molecule has 4 rings (SSSR count). The number of carbonyl (C=O) groups is 1. The summed E-state index contributed by atoms with van der Waals surface area (Å²) in [6.45, 7) is 2.12. The van der Waals surface area contributed by atoms with Crippen molar-refractivity contribution in [2.24, 2.45) is 0 Å². The van der Waals surface area contributed by atoms with E-state index >= 15 is 0 Å². The maximum Gasteiger partial charge on any atom is 0.241 e. The van der Waals surface area contributed by atoms with Gasteiger partial charge < -0.3 is 5.32 Å². The Labute approximate surface area is 148 Å². The van der Waals surface area contributed by atoms with E-state index in [0.717, 1.165) is 31.4 Å². The van der Waals surface area contributed by atoms with E-state index in [1.165, 1.54) is 11.1 Å². The summed E-state index contributed by atoms with van der Waals surface area (Å²) in [5, 5.41) is 12.5. The Hall–Kier alpha value is -2.64. The minimum atomic E-state index is -0.505. The van der Waals surface area contributed by atoms with Gasteiger partial charge in [0.05, 0.1) is 11.6 Å². The highest BCUT2D eigenvalue weighted by atomic mass is 16.2. The van der Waals surface area contributed by atoms with E-state index in [4.69, 9.17) is 0 Å². The maximum atomic E-state index is 13.0. The van der Waals surface area contributed by atoms with Crippen molar-refractivity contribution < 1.29 is 4.79 Å². The van der Waals surface area contributed by atoms with Gasteiger partial charge in [-0.1, -0.05) is 42.5 Å². The Morgan fingerprint density at radius 2 is 1.88 bits per heavy atom. The lowest BCUT2D eigenvalue weighted by Gasteiger charge is -2.36. The second-order valence-electron chi connectivity index (χ2n) is 6.95. The van der Waals surface area contributed by atoms with Crippen LogP contribution in [0.4, 0.5) is 0 Å². The standard InChI is InChI=1S/C21H21N3O/c22-13-17-7-2-4-9-19(17)15-24-11-5-10-21(24)12-16-6-1-3-8-18(16)14-23-20(21)25/h1-4,6-9H,5,10-12,14-15H2,(H,23,25). The van der Waals surface area contributed by atoms with Gasteiger partial charge in [0.2, 0.25) is 5.91 Å². The van der Waals surface area contributed by atoms with Gasteiger partial charge in [-0.3, -0.25) is 9.69 Å². The number of fused-ring (bicyclic) bond motifs is 1. The number of nitrogens with zero attached hydrogens (tertiary/aromatic N) is 2. The average molecular weight is 331 g/mol. The Morgan fingerprint density at radius 1 is 1.12 bits per heavy atom. The second kappa shape index (κ2) is 6.34. The third-order valence-electron chi connectivity index (χ3n) is 5.59. The monoisotopic (exact) mass is 331 g/mol. The van der Waals surface area contributed by atoms with Crippen molar-refractivity contribution in [1.29, 1.82) is 5.26 Å². The highest BCUT2D eigenvalue weighted by Crippen LogP contribution is 2.37. The van der Waals surface area contributed by atoms with E-state index in [9.17, 15) is 10.1 Å². The molecule has 1 unspecified atom stereocenters. The molecule has 1 spiro atoms. The Balaban J connectivity index is 1.70. The maximum absolute atomic E-state index is 13.0. The molecule has 126 valence electrons. The number of rotatable bonds is 2. The molecule has 2 aliphatic rings. The number of benzene rings is 2. The first-order valence-electron chi connectivity index (χ1n) is 8.81. The molecular formula is C21H21N3O. The van der Waals surface area contributed by atoms with Crippen LogP contribution in [-0.4, -0.2) is 22.9 Å². The molecular weight excluding hydrogens is 310 g/mol. The zero-order chi connectivity index (χ0) is 17.3. The molecule has 0 radical (unpaired) electrons. The number of carbonyl (C=O) groups excluding carboxylic acids is 1. The third kappa shape index (κ3) is 2.71. The van der Waals surface area contributed by atoms with Gasteiger partial charge in [-0.25, -0.2) is 0 Å². The molecule has 0 saturated carbocycles. The first kappa shape index (κ1) is 15.9. The van der Waals surface area contributed by atoms with E-state index in [1.54, 1.807) is 0 Å². The first-order chi connectivity index (χ1) is 12.2. The topological polar surface area (TPSA) is 56.1 Å². The van der Waals surface area contributed by atoms with Gasteiger partial charge in [0.15, 0.2) is 0 Å².